The van der Waals surface area contributed by atoms with Crippen molar-refractivity contribution < 1.29 is 4.79 Å². The summed E-state index contributed by atoms with van der Waals surface area (Å²) in [6, 6.07) is 66.9. The number of para-hydroxylation sites is 2. The third-order valence-electron chi connectivity index (χ3n) is 11.9. The smallest absolute Gasteiger partial charge is 0.199 e. The number of aryl methyl sites for hydroxylation is 2. The topological polar surface area (TPSA) is 48.3 Å². The largest absolute Gasteiger partial charge is 0.293 e. The van der Waals surface area contributed by atoms with Gasteiger partial charge in [-0.25, -0.2) is 10.0 Å². The van der Waals surface area contributed by atoms with E-state index < -0.39 is 22.9 Å². The first-order valence-corrected chi connectivity index (χ1v) is 19.3. The van der Waals surface area contributed by atoms with Gasteiger partial charge in [0.15, 0.2) is 16.9 Å². The molecule has 7 aromatic rings. The lowest BCUT2D eigenvalue weighted by Crippen LogP contribution is -2.58. The molecule has 3 aliphatic rings. The molecule has 270 valence electrons. The van der Waals surface area contributed by atoms with Gasteiger partial charge in [0.05, 0.1) is 34.6 Å². The Balaban J connectivity index is 1.35. The van der Waals surface area contributed by atoms with Crippen molar-refractivity contribution in [2.24, 2.45) is 10.2 Å². The number of hydrogen-bond donors (Lipinski definition) is 0. The van der Waals surface area contributed by atoms with Gasteiger partial charge in [0.1, 0.15) is 0 Å². The van der Waals surface area contributed by atoms with Crippen molar-refractivity contribution in [3.8, 4) is 0 Å². The summed E-state index contributed by atoms with van der Waals surface area (Å²) >= 11 is 0. The zero-order valence-corrected chi connectivity index (χ0v) is 31.3. The number of carbonyl (C=O) groups is 1. The molecule has 2 aliphatic heterocycles. The van der Waals surface area contributed by atoms with Crippen molar-refractivity contribution in [1.29, 1.82) is 0 Å². The summed E-state index contributed by atoms with van der Waals surface area (Å²) < 4.78 is 0. The van der Waals surface area contributed by atoms with Crippen molar-refractivity contribution in [3.63, 3.8) is 0 Å². The van der Waals surface area contributed by atoms with Crippen molar-refractivity contribution in [1.82, 2.24) is 0 Å². The molecule has 0 fully saturated rings. The van der Waals surface area contributed by atoms with Gasteiger partial charge in [0.25, 0.3) is 0 Å². The van der Waals surface area contributed by atoms with Crippen molar-refractivity contribution >= 4 is 28.6 Å². The monoisotopic (exact) mass is 724 g/mol. The molecular formula is C51H40N4O. The Morgan fingerprint density at radius 2 is 0.732 bits per heavy atom. The van der Waals surface area contributed by atoms with Crippen LogP contribution in [0.25, 0.3) is 0 Å². The molecule has 0 aromatic heterocycles. The van der Waals surface area contributed by atoms with Crippen molar-refractivity contribution in [2.45, 2.75) is 36.8 Å². The Labute approximate surface area is 327 Å². The molecule has 7 aromatic carbocycles. The highest BCUT2D eigenvalue weighted by atomic mass is 16.1. The van der Waals surface area contributed by atoms with Gasteiger partial charge in [-0.15, -0.1) is 0 Å². The van der Waals surface area contributed by atoms with E-state index in [1.54, 1.807) is 0 Å². The number of Topliss-reactive ketones (excluding diaryl/α,β-unsaturated/α-hetero) is 1. The van der Waals surface area contributed by atoms with Crippen LogP contribution in [0.5, 0.6) is 0 Å². The lowest BCUT2D eigenvalue weighted by molar-refractivity contribution is -0.129. The second-order valence-corrected chi connectivity index (χ2v) is 15.1. The standard InChI is InChI=1S/C51H40N4O/c1-35-27-31-37(32-28-35)45-47(39-17-7-3-8-18-39)52-54(41-21-11-5-12-22-41)50(45)43-25-15-16-26-44(43)51(49(50)56)46(38-33-29-36(2)30-34-38)48(40-19-9-4-10-20-40)53-55(51)42-23-13-6-14-24-42/h3-34,45-46H,1-2H3/t45-,46+,50-,51-/m0/s1. The summed E-state index contributed by atoms with van der Waals surface area (Å²) in [5, 5.41) is 15.3. The minimum Gasteiger partial charge on any atom is -0.293 e. The number of hydrazone groups is 2. The third-order valence-corrected chi connectivity index (χ3v) is 11.9. The Hall–Kier alpha value is -6.85. The molecule has 0 bridgehead atoms. The summed E-state index contributed by atoms with van der Waals surface area (Å²) in [5.74, 6) is -0.925. The average molecular weight is 725 g/mol. The first-order chi connectivity index (χ1) is 27.5. The molecule has 10 rings (SSSR count). The number of rotatable bonds is 6. The number of benzene rings is 7. The van der Waals surface area contributed by atoms with E-state index in [0.29, 0.717) is 0 Å². The van der Waals surface area contributed by atoms with Crippen LogP contribution in [-0.2, 0) is 15.9 Å². The van der Waals surface area contributed by atoms with Crippen LogP contribution in [0.1, 0.15) is 56.3 Å². The second-order valence-electron chi connectivity index (χ2n) is 15.1. The van der Waals surface area contributed by atoms with E-state index in [1.165, 1.54) is 0 Å². The zero-order valence-electron chi connectivity index (χ0n) is 31.3. The summed E-state index contributed by atoms with van der Waals surface area (Å²) in [6.07, 6.45) is 0. The first kappa shape index (κ1) is 33.7. The minimum atomic E-state index is -1.31. The van der Waals surface area contributed by atoms with Gasteiger partial charge in [0, 0.05) is 0 Å². The van der Waals surface area contributed by atoms with E-state index in [-0.39, 0.29) is 5.78 Å². The van der Waals surface area contributed by atoms with Crippen LogP contribution in [-0.4, -0.2) is 17.2 Å². The van der Waals surface area contributed by atoms with Crippen LogP contribution < -0.4 is 10.0 Å². The van der Waals surface area contributed by atoms with E-state index in [4.69, 9.17) is 10.2 Å². The van der Waals surface area contributed by atoms with Crippen LogP contribution in [0, 0.1) is 13.8 Å². The third kappa shape index (κ3) is 4.83. The highest BCUT2D eigenvalue weighted by Gasteiger charge is 2.75. The maximum absolute atomic E-state index is 17.4. The predicted molar refractivity (Wildman–Crippen MR) is 226 cm³/mol. The van der Waals surface area contributed by atoms with Crippen molar-refractivity contribution in [2.75, 3.05) is 10.0 Å². The molecule has 2 heterocycles. The van der Waals surface area contributed by atoms with Gasteiger partial charge in [0.2, 0.25) is 0 Å². The van der Waals surface area contributed by atoms with E-state index in [2.05, 4.69) is 159 Å². The Morgan fingerprint density at radius 3 is 1.09 bits per heavy atom. The molecule has 5 heteroatoms. The fourth-order valence-electron chi connectivity index (χ4n) is 9.45. The van der Waals surface area contributed by atoms with E-state index in [1.807, 2.05) is 58.5 Å². The van der Waals surface area contributed by atoms with Crippen LogP contribution in [0.2, 0.25) is 0 Å². The molecular weight excluding hydrogens is 685 g/mol. The van der Waals surface area contributed by atoms with Crippen molar-refractivity contribution in [3.05, 3.63) is 239 Å². The zero-order chi connectivity index (χ0) is 37.9. The van der Waals surface area contributed by atoms with Crippen LogP contribution in [0.15, 0.2) is 204 Å². The maximum atomic E-state index is 17.4. The summed E-state index contributed by atoms with van der Waals surface area (Å²) in [5.41, 5.74) is 8.92. The Kier molecular flexibility index (Phi) is 7.93. The fourth-order valence-corrected chi connectivity index (χ4v) is 9.45. The second kappa shape index (κ2) is 13.2. The van der Waals surface area contributed by atoms with Gasteiger partial charge in [-0.2, -0.15) is 10.2 Å². The number of fused-ring (bicyclic) bond motifs is 3. The quantitative estimate of drug-likeness (QED) is 0.172. The number of hydrogen-bond acceptors (Lipinski definition) is 5. The van der Waals surface area contributed by atoms with E-state index in [0.717, 1.165) is 67.3 Å². The molecule has 5 nitrogen and oxygen atoms in total. The van der Waals surface area contributed by atoms with Gasteiger partial charge >= 0.3 is 0 Å². The summed E-state index contributed by atoms with van der Waals surface area (Å²) in [6.45, 7) is 4.21. The summed E-state index contributed by atoms with van der Waals surface area (Å²) in [7, 11) is 0. The molecule has 0 N–H and O–H groups in total. The molecule has 0 radical (unpaired) electrons. The molecule has 2 spiro atoms. The molecule has 4 atom stereocenters. The fraction of sp³-hybridized carbons (Fsp3) is 0.118. The van der Waals surface area contributed by atoms with Crippen LogP contribution in [0.4, 0.5) is 11.4 Å². The van der Waals surface area contributed by atoms with Gasteiger partial charge in [-0.05, 0) is 71.5 Å². The molecule has 0 unspecified atom stereocenters. The highest BCUT2D eigenvalue weighted by molar-refractivity contribution is 6.23. The lowest BCUT2D eigenvalue weighted by atomic mass is 9.66. The number of ketones is 1. The SMILES string of the molecule is Cc1ccc([C@H]2C(c3ccccc3)=NN(c3ccccc3)[C@]23C(=O)[C@]2(c4ccccc43)[C@H](c3ccc(C)cc3)C(c3ccccc3)=NN2c2ccccc2)cc1. The van der Waals surface area contributed by atoms with Gasteiger partial charge in [-0.1, -0.05) is 181 Å². The number of carbonyl (C=O) groups excluding carboxylic acids is 1. The molecule has 56 heavy (non-hydrogen) atoms. The van der Waals surface area contributed by atoms with Gasteiger partial charge in [-0.3, -0.25) is 4.79 Å². The minimum absolute atomic E-state index is 0.0272. The highest BCUT2D eigenvalue weighted by Crippen LogP contribution is 2.66. The predicted octanol–water partition coefficient (Wildman–Crippen LogP) is 10.7. The molecule has 0 saturated carbocycles. The molecule has 1 aliphatic carbocycles. The molecule has 0 saturated heterocycles. The first-order valence-electron chi connectivity index (χ1n) is 19.3. The number of anilines is 2. The Bertz CT molecular complexity index is 2440. The van der Waals surface area contributed by atoms with Crippen LogP contribution in [0.3, 0.4) is 0 Å². The van der Waals surface area contributed by atoms with Gasteiger partial charge < -0.3 is 0 Å². The number of nitrogens with zero attached hydrogens (tertiary/aromatic N) is 4. The average Bonchev–Trinajstić information content (AvgIpc) is 3.88. The lowest BCUT2D eigenvalue weighted by Gasteiger charge is -2.43. The normalized spacial score (nSPS) is 22.4. The van der Waals surface area contributed by atoms with E-state index >= 15 is 4.79 Å². The summed E-state index contributed by atoms with van der Waals surface area (Å²) in [4.78, 5) is 17.4. The maximum Gasteiger partial charge on any atom is 0.199 e. The Morgan fingerprint density at radius 1 is 0.411 bits per heavy atom. The van der Waals surface area contributed by atoms with Crippen LogP contribution >= 0.6 is 0 Å². The molecule has 0 amide bonds. The van der Waals surface area contributed by atoms with E-state index in [9.17, 15) is 0 Å².